The fourth-order valence-electron chi connectivity index (χ4n) is 3.65. The Morgan fingerprint density at radius 2 is 1.68 bits per heavy atom. The fraction of sp³-hybridized carbons (Fsp3) is 0.308. The van der Waals surface area contributed by atoms with E-state index in [1.807, 2.05) is 0 Å². The molecule has 1 aromatic heterocycles. The van der Waals surface area contributed by atoms with Crippen LogP contribution in [-0.2, 0) is 28.4 Å². The van der Waals surface area contributed by atoms with Crippen molar-refractivity contribution in [3.8, 4) is 11.1 Å². The Morgan fingerprint density at radius 3 is 2.24 bits per heavy atom. The number of carbonyl (C=O) groups excluding carboxylic acids is 1. The summed E-state index contributed by atoms with van der Waals surface area (Å²) in [5.41, 5.74) is -0.0818. The molecule has 1 unspecified atom stereocenters. The molecular formula is C26H29F2N3O5S2. The third-order valence-corrected chi connectivity index (χ3v) is 7.88. The van der Waals surface area contributed by atoms with E-state index in [1.54, 1.807) is 27.7 Å². The van der Waals surface area contributed by atoms with Crippen molar-refractivity contribution in [1.29, 1.82) is 0 Å². The van der Waals surface area contributed by atoms with Gasteiger partial charge in [0.1, 0.15) is 16.4 Å². The molecule has 38 heavy (non-hydrogen) atoms. The van der Waals surface area contributed by atoms with Crippen LogP contribution in [0.1, 0.15) is 55.2 Å². The molecule has 8 nitrogen and oxygen atoms in total. The molecule has 0 aliphatic carbocycles. The van der Waals surface area contributed by atoms with Gasteiger partial charge < -0.3 is 9.12 Å². The number of halogens is 2. The number of anilines is 1. The van der Waals surface area contributed by atoms with Gasteiger partial charge in [-0.2, -0.15) is 0 Å². The summed E-state index contributed by atoms with van der Waals surface area (Å²) in [4.78, 5) is 26.1. The molecule has 0 aliphatic rings. The minimum Gasteiger partial charge on any atom is -0.598 e. The Morgan fingerprint density at radius 1 is 1.08 bits per heavy atom. The zero-order valence-electron chi connectivity index (χ0n) is 21.8. The lowest BCUT2D eigenvalue weighted by Gasteiger charge is -2.27. The number of carbonyl (C=O) groups is 1. The monoisotopic (exact) mass is 565 g/mol. The molecule has 0 saturated heterocycles. The standard InChI is InChI=1S/C26H29F2N3O5S2/c1-15(29-37(34)26(2,3)4)18-13-24(32)31(5)14-21(18)19-12-23(30-38(6,35)36)22(28)11-20(19)25(33)16-7-9-17(27)10-8-16/h7-15,29-30H,1-6H3/t15-,37?/m0/s1. The number of hydrogen-bond acceptors (Lipinski definition) is 6. The maximum absolute atomic E-state index is 15.1. The highest BCUT2D eigenvalue weighted by molar-refractivity contribution is 7.92. The first-order valence-corrected chi connectivity index (χ1v) is 14.5. The van der Waals surface area contributed by atoms with E-state index in [9.17, 15) is 27.0 Å². The van der Waals surface area contributed by atoms with Crippen LogP contribution in [-0.4, -0.2) is 34.3 Å². The van der Waals surface area contributed by atoms with Crippen molar-refractivity contribution in [3.63, 3.8) is 0 Å². The number of pyridine rings is 1. The molecule has 0 aliphatic heterocycles. The first-order valence-electron chi connectivity index (χ1n) is 11.5. The van der Waals surface area contributed by atoms with Crippen LogP contribution in [0.25, 0.3) is 11.1 Å². The van der Waals surface area contributed by atoms with E-state index < -0.39 is 55.3 Å². The number of hydrogen-bond donors (Lipinski definition) is 2. The Balaban J connectivity index is 2.31. The summed E-state index contributed by atoms with van der Waals surface area (Å²) >= 11 is -1.53. The van der Waals surface area contributed by atoms with E-state index in [4.69, 9.17) is 0 Å². The van der Waals surface area contributed by atoms with Crippen molar-refractivity contribution in [2.45, 2.75) is 38.5 Å². The highest BCUT2D eigenvalue weighted by Crippen LogP contribution is 2.35. The topological polar surface area (TPSA) is 120 Å². The molecule has 2 atom stereocenters. The summed E-state index contributed by atoms with van der Waals surface area (Å²) in [5.74, 6) is -2.22. The minimum atomic E-state index is -3.89. The van der Waals surface area contributed by atoms with Gasteiger partial charge in [0, 0.05) is 47.4 Å². The lowest BCUT2D eigenvalue weighted by atomic mass is 9.90. The van der Waals surface area contributed by atoms with Gasteiger partial charge in [0.05, 0.1) is 18.0 Å². The zero-order valence-corrected chi connectivity index (χ0v) is 23.4. The van der Waals surface area contributed by atoms with Crippen LogP contribution in [0.3, 0.4) is 0 Å². The van der Waals surface area contributed by atoms with Gasteiger partial charge in [-0.05, 0) is 75.2 Å². The number of rotatable bonds is 8. The number of benzene rings is 2. The molecule has 0 bridgehead atoms. The second-order valence-electron chi connectivity index (χ2n) is 9.90. The van der Waals surface area contributed by atoms with E-state index in [0.29, 0.717) is 11.1 Å². The lowest BCUT2D eigenvalue weighted by Crippen LogP contribution is -2.41. The molecule has 0 saturated carbocycles. The van der Waals surface area contributed by atoms with E-state index in [2.05, 4.69) is 9.44 Å². The molecule has 2 aromatic carbocycles. The number of aromatic nitrogens is 1. The summed E-state index contributed by atoms with van der Waals surface area (Å²) in [5, 5.41) is 0. The molecule has 0 amide bonds. The Labute approximate surface area is 223 Å². The van der Waals surface area contributed by atoms with Crippen molar-refractivity contribution in [2.24, 2.45) is 7.05 Å². The SMILES string of the molecule is C[C@H](N[S+]([O-])C(C)(C)C)c1cc(=O)n(C)cc1-c1cc(NS(C)(=O)=O)c(F)cc1C(=O)c1ccc(F)cc1. The van der Waals surface area contributed by atoms with E-state index >= 15 is 4.39 Å². The van der Waals surface area contributed by atoms with Crippen molar-refractivity contribution >= 4 is 32.9 Å². The van der Waals surface area contributed by atoms with E-state index in [-0.39, 0.29) is 22.2 Å². The molecule has 0 spiro atoms. The molecule has 3 aromatic rings. The fourth-order valence-corrected chi connectivity index (χ4v) is 5.00. The minimum absolute atomic E-state index is 0.0715. The molecular weight excluding hydrogens is 536 g/mol. The maximum atomic E-state index is 15.1. The normalized spacial score (nSPS) is 13.7. The predicted molar refractivity (Wildman–Crippen MR) is 145 cm³/mol. The van der Waals surface area contributed by atoms with E-state index in [0.717, 1.165) is 24.5 Å². The first-order chi connectivity index (χ1) is 17.5. The van der Waals surface area contributed by atoms with Crippen LogP contribution >= 0.6 is 0 Å². The van der Waals surface area contributed by atoms with Gasteiger partial charge in [-0.15, -0.1) is 4.72 Å². The van der Waals surface area contributed by atoms with E-state index in [1.165, 1.54) is 42.1 Å². The summed E-state index contributed by atoms with van der Waals surface area (Å²) in [6.07, 6.45) is 2.30. The number of aryl methyl sites for hydroxylation is 1. The summed E-state index contributed by atoms with van der Waals surface area (Å²) in [6.45, 7) is 7.01. The third kappa shape index (κ3) is 6.87. The Bertz CT molecular complexity index is 1530. The second kappa shape index (κ2) is 11.0. The van der Waals surface area contributed by atoms with Gasteiger partial charge in [-0.3, -0.25) is 14.3 Å². The van der Waals surface area contributed by atoms with Gasteiger partial charge in [0.2, 0.25) is 10.0 Å². The first kappa shape index (κ1) is 29.5. The molecule has 2 N–H and O–H groups in total. The summed E-state index contributed by atoms with van der Waals surface area (Å²) in [6, 6.07) is 7.40. The van der Waals surface area contributed by atoms with Crippen LogP contribution in [0.4, 0.5) is 14.5 Å². The van der Waals surface area contributed by atoms with Crippen molar-refractivity contribution in [1.82, 2.24) is 9.29 Å². The van der Waals surface area contributed by atoms with Gasteiger partial charge in [-0.1, -0.05) is 0 Å². The average molecular weight is 566 g/mol. The summed E-state index contributed by atoms with van der Waals surface area (Å²) in [7, 11) is -2.40. The van der Waals surface area contributed by atoms with Crippen LogP contribution in [0.15, 0.2) is 53.5 Å². The average Bonchev–Trinajstić information content (AvgIpc) is 2.80. The lowest BCUT2D eigenvalue weighted by molar-refractivity contribution is 0.103. The highest BCUT2D eigenvalue weighted by atomic mass is 32.2. The van der Waals surface area contributed by atoms with Crippen LogP contribution in [0.2, 0.25) is 0 Å². The number of sulfonamides is 1. The molecule has 1 heterocycles. The van der Waals surface area contributed by atoms with Crippen LogP contribution in [0.5, 0.6) is 0 Å². The van der Waals surface area contributed by atoms with Gasteiger partial charge in [0.25, 0.3) is 5.56 Å². The number of nitrogens with one attached hydrogen (secondary N) is 2. The van der Waals surface area contributed by atoms with Crippen molar-refractivity contribution < 1.29 is 26.5 Å². The third-order valence-electron chi connectivity index (χ3n) is 5.61. The summed E-state index contributed by atoms with van der Waals surface area (Å²) < 4.78 is 70.8. The smallest absolute Gasteiger partial charge is 0.250 e. The van der Waals surface area contributed by atoms with Gasteiger partial charge in [0.15, 0.2) is 5.78 Å². The predicted octanol–water partition coefficient (Wildman–Crippen LogP) is 4.05. The molecule has 204 valence electrons. The van der Waals surface area contributed by atoms with Gasteiger partial charge in [-0.25, -0.2) is 17.2 Å². The molecule has 12 heteroatoms. The molecule has 0 fully saturated rings. The highest BCUT2D eigenvalue weighted by Gasteiger charge is 2.30. The van der Waals surface area contributed by atoms with Crippen LogP contribution < -0.4 is 15.0 Å². The molecule has 0 radical (unpaired) electrons. The zero-order chi connectivity index (χ0) is 28.6. The van der Waals surface area contributed by atoms with Crippen molar-refractivity contribution in [2.75, 3.05) is 11.0 Å². The number of nitrogens with zero attached hydrogens (tertiary/aromatic N) is 1. The largest absolute Gasteiger partial charge is 0.598 e. The Hall–Kier alpha value is -3.06. The molecule has 3 rings (SSSR count). The quantitative estimate of drug-likeness (QED) is 0.314. The Kier molecular flexibility index (Phi) is 8.51. The second-order valence-corrected chi connectivity index (χ2v) is 13.6. The number of ketones is 1. The van der Waals surface area contributed by atoms with Crippen molar-refractivity contribution in [3.05, 3.63) is 87.3 Å². The maximum Gasteiger partial charge on any atom is 0.250 e. The van der Waals surface area contributed by atoms with Crippen LogP contribution in [0, 0.1) is 11.6 Å². The van der Waals surface area contributed by atoms with Gasteiger partial charge >= 0.3 is 0 Å².